The predicted molar refractivity (Wildman–Crippen MR) is 50.8 cm³/mol. The molecular weight excluding hydrogens is 211 g/mol. The molecule has 0 bridgehead atoms. The molecule has 0 saturated heterocycles. The van der Waals surface area contributed by atoms with Crippen molar-refractivity contribution in [1.29, 1.82) is 0 Å². The zero-order chi connectivity index (χ0) is 11.7. The van der Waals surface area contributed by atoms with Gasteiger partial charge >= 0.3 is 6.18 Å². The van der Waals surface area contributed by atoms with Gasteiger partial charge in [-0.1, -0.05) is 0 Å². The summed E-state index contributed by atoms with van der Waals surface area (Å²) in [5, 5.41) is 2.95. The lowest BCUT2D eigenvalue weighted by Crippen LogP contribution is -2.32. The van der Waals surface area contributed by atoms with Gasteiger partial charge in [0.1, 0.15) is 6.61 Å². The summed E-state index contributed by atoms with van der Waals surface area (Å²) < 4.78 is 44.7. The average Bonchev–Trinajstić information content (AvgIpc) is 2.15. The van der Waals surface area contributed by atoms with Gasteiger partial charge in [-0.25, -0.2) is 0 Å². The van der Waals surface area contributed by atoms with Crippen molar-refractivity contribution >= 4 is 0 Å². The second-order valence-corrected chi connectivity index (χ2v) is 3.10. The Kier molecular flexibility index (Phi) is 7.72. The Hall–Kier alpha value is -0.330. The molecule has 0 heterocycles. The SMILES string of the molecule is CCOCC(CCOCC(F)(F)F)NC. The van der Waals surface area contributed by atoms with E-state index in [1.807, 2.05) is 6.92 Å². The van der Waals surface area contributed by atoms with Gasteiger partial charge in [-0.2, -0.15) is 13.2 Å². The summed E-state index contributed by atoms with van der Waals surface area (Å²) in [7, 11) is 1.74. The van der Waals surface area contributed by atoms with Gasteiger partial charge in [0.15, 0.2) is 0 Å². The first kappa shape index (κ1) is 14.7. The third kappa shape index (κ3) is 9.96. The number of rotatable bonds is 8. The summed E-state index contributed by atoms with van der Waals surface area (Å²) in [5.74, 6) is 0. The fourth-order valence-electron chi connectivity index (χ4n) is 0.985. The van der Waals surface area contributed by atoms with Crippen LogP contribution in [0, 0.1) is 0 Å². The van der Waals surface area contributed by atoms with Crippen LogP contribution < -0.4 is 5.32 Å². The van der Waals surface area contributed by atoms with Crippen LogP contribution in [-0.4, -0.2) is 45.7 Å². The van der Waals surface area contributed by atoms with Crippen molar-refractivity contribution in [3.05, 3.63) is 0 Å². The molecule has 0 aliphatic carbocycles. The minimum atomic E-state index is -4.24. The van der Waals surface area contributed by atoms with Crippen LogP contribution >= 0.6 is 0 Å². The molecule has 0 amide bonds. The normalized spacial score (nSPS) is 14.2. The van der Waals surface area contributed by atoms with E-state index in [4.69, 9.17) is 4.74 Å². The quantitative estimate of drug-likeness (QED) is 0.641. The first-order valence-electron chi connectivity index (χ1n) is 4.89. The largest absolute Gasteiger partial charge is 0.411 e. The van der Waals surface area contributed by atoms with Crippen molar-refractivity contribution in [2.24, 2.45) is 0 Å². The lowest BCUT2D eigenvalue weighted by atomic mass is 10.2. The third-order valence-electron chi connectivity index (χ3n) is 1.81. The molecule has 0 saturated carbocycles. The molecule has 0 aromatic carbocycles. The van der Waals surface area contributed by atoms with Crippen LogP contribution in [-0.2, 0) is 9.47 Å². The average molecular weight is 229 g/mol. The van der Waals surface area contributed by atoms with Gasteiger partial charge in [0, 0.05) is 19.3 Å². The van der Waals surface area contributed by atoms with Gasteiger partial charge in [-0.3, -0.25) is 0 Å². The van der Waals surface area contributed by atoms with Crippen molar-refractivity contribution < 1.29 is 22.6 Å². The van der Waals surface area contributed by atoms with Crippen LogP contribution in [0.3, 0.4) is 0 Å². The van der Waals surface area contributed by atoms with Crippen molar-refractivity contribution in [3.8, 4) is 0 Å². The number of alkyl halides is 3. The highest BCUT2D eigenvalue weighted by Gasteiger charge is 2.27. The Labute approximate surface area is 87.9 Å². The molecular formula is C9H18F3NO2. The van der Waals surface area contributed by atoms with Crippen molar-refractivity contribution in [3.63, 3.8) is 0 Å². The van der Waals surface area contributed by atoms with E-state index in [9.17, 15) is 13.2 Å². The monoisotopic (exact) mass is 229 g/mol. The van der Waals surface area contributed by atoms with E-state index in [1.54, 1.807) is 7.05 Å². The molecule has 3 nitrogen and oxygen atoms in total. The smallest absolute Gasteiger partial charge is 0.380 e. The van der Waals surface area contributed by atoms with E-state index in [2.05, 4.69) is 10.1 Å². The van der Waals surface area contributed by atoms with Crippen molar-refractivity contribution in [1.82, 2.24) is 5.32 Å². The summed E-state index contributed by atoms with van der Waals surface area (Å²) in [5.41, 5.74) is 0. The van der Waals surface area contributed by atoms with Crippen LogP contribution in [0.2, 0.25) is 0 Å². The number of hydrogen-bond donors (Lipinski definition) is 1. The van der Waals surface area contributed by atoms with E-state index in [0.29, 0.717) is 19.6 Å². The predicted octanol–water partition coefficient (Wildman–Crippen LogP) is 1.58. The number of halogens is 3. The summed E-state index contributed by atoms with van der Waals surface area (Å²) in [4.78, 5) is 0. The second-order valence-electron chi connectivity index (χ2n) is 3.10. The molecule has 0 aromatic heterocycles. The first-order chi connectivity index (χ1) is 6.99. The molecule has 0 aromatic rings. The molecule has 0 rings (SSSR count). The van der Waals surface area contributed by atoms with Crippen LogP contribution in [0.15, 0.2) is 0 Å². The standard InChI is InChI=1S/C9H18F3NO2/c1-3-14-6-8(13-2)4-5-15-7-9(10,11)12/h8,13H,3-7H2,1-2H3. The Morgan fingerprint density at radius 1 is 1.27 bits per heavy atom. The van der Waals surface area contributed by atoms with E-state index in [0.717, 1.165) is 0 Å². The number of hydrogen-bond acceptors (Lipinski definition) is 3. The maximum atomic E-state index is 11.7. The summed E-state index contributed by atoms with van der Waals surface area (Å²) in [6.07, 6.45) is -3.73. The highest BCUT2D eigenvalue weighted by atomic mass is 19.4. The van der Waals surface area contributed by atoms with Gasteiger partial charge in [0.05, 0.1) is 6.61 Å². The Balaban J connectivity index is 3.46. The third-order valence-corrected chi connectivity index (χ3v) is 1.81. The fraction of sp³-hybridized carbons (Fsp3) is 1.00. The summed E-state index contributed by atoms with van der Waals surface area (Å²) in [6, 6.07) is 0.0400. The van der Waals surface area contributed by atoms with Crippen molar-refractivity contribution in [2.45, 2.75) is 25.6 Å². The van der Waals surface area contributed by atoms with Gasteiger partial charge in [-0.05, 0) is 20.4 Å². The Morgan fingerprint density at radius 3 is 2.40 bits per heavy atom. The van der Waals surface area contributed by atoms with E-state index in [1.165, 1.54) is 0 Å². The van der Waals surface area contributed by atoms with Gasteiger partial charge in [0.2, 0.25) is 0 Å². The number of likely N-dealkylation sites (N-methyl/N-ethyl adjacent to an activating group) is 1. The zero-order valence-electron chi connectivity index (χ0n) is 9.06. The summed E-state index contributed by atoms with van der Waals surface area (Å²) in [6.45, 7) is 1.85. The molecule has 0 spiro atoms. The number of ether oxygens (including phenoxy) is 2. The van der Waals surface area contributed by atoms with Gasteiger partial charge in [0.25, 0.3) is 0 Å². The maximum Gasteiger partial charge on any atom is 0.411 e. The van der Waals surface area contributed by atoms with Gasteiger partial charge in [-0.15, -0.1) is 0 Å². The fourth-order valence-corrected chi connectivity index (χ4v) is 0.985. The van der Waals surface area contributed by atoms with Crippen molar-refractivity contribution in [2.75, 3.05) is 33.5 Å². The lowest BCUT2D eigenvalue weighted by Gasteiger charge is -2.16. The molecule has 1 atom stereocenters. The summed E-state index contributed by atoms with van der Waals surface area (Å²) >= 11 is 0. The maximum absolute atomic E-state index is 11.7. The van der Waals surface area contributed by atoms with Crippen LogP contribution in [0.25, 0.3) is 0 Å². The minimum absolute atomic E-state index is 0.0400. The first-order valence-corrected chi connectivity index (χ1v) is 4.89. The molecule has 1 N–H and O–H groups in total. The molecule has 0 aliphatic heterocycles. The molecule has 15 heavy (non-hydrogen) atoms. The number of nitrogens with one attached hydrogen (secondary N) is 1. The minimum Gasteiger partial charge on any atom is -0.380 e. The molecule has 92 valence electrons. The topological polar surface area (TPSA) is 30.5 Å². The van der Waals surface area contributed by atoms with Gasteiger partial charge < -0.3 is 14.8 Å². The second kappa shape index (κ2) is 7.90. The zero-order valence-corrected chi connectivity index (χ0v) is 9.06. The molecule has 0 fully saturated rings. The van der Waals surface area contributed by atoms with E-state index >= 15 is 0 Å². The highest BCUT2D eigenvalue weighted by Crippen LogP contribution is 2.14. The van der Waals surface area contributed by atoms with Crippen LogP contribution in [0.4, 0.5) is 13.2 Å². The highest BCUT2D eigenvalue weighted by molar-refractivity contribution is 4.62. The van der Waals surface area contributed by atoms with E-state index < -0.39 is 12.8 Å². The molecule has 6 heteroatoms. The van der Waals surface area contributed by atoms with E-state index in [-0.39, 0.29) is 12.6 Å². The van der Waals surface area contributed by atoms with Crippen LogP contribution in [0.5, 0.6) is 0 Å². The Morgan fingerprint density at radius 2 is 1.93 bits per heavy atom. The molecule has 0 radical (unpaired) electrons. The van der Waals surface area contributed by atoms with Crippen LogP contribution in [0.1, 0.15) is 13.3 Å². The molecule has 0 aliphatic rings. The lowest BCUT2D eigenvalue weighted by molar-refractivity contribution is -0.174. The Bertz CT molecular complexity index is 153. The molecule has 1 unspecified atom stereocenters.